The zero-order valence-electron chi connectivity index (χ0n) is 23.1. The highest BCUT2D eigenvalue weighted by Crippen LogP contribution is 2.43. The first-order valence-electron chi connectivity index (χ1n) is 13.9. The molecule has 4 aliphatic rings. The summed E-state index contributed by atoms with van der Waals surface area (Å²) in [6.07, 6.45) is 2.47. The largest absolute Gasteiger partial charge is 0.477 e. The van der Waals surface area contributed by atoms with Gasteiger partial charge in [-0.2, -0.15) is 5.26 Å². The summed E-state index contributed by atoms with van der Waals surface area (Å²) in [5.74, 6) is -4.40. The molecule has 0 radical (unpaired) electrons. The Morgan fingerprint density at radius 2 is 1.98 bits per heavy atom. The third-order valence-electron chi connectivity index (χ3n) is 7.96. The number of aliphatic carboxylic acids is 1. The lowest BCUT2D eigenvalue weighted by Crippen LogP contribution is -2.70. The maximum Gasteiger partial charge on any atom is 0.352 e. The van der Waals surface area contributed by atoms with Gasteiger partial charge in [-0.05, 0) is 18.9 Å². The molecule has 1 aromatic carbocycles. The molecule has 4 heterocycles. The van der Waals surface area contributed by atoms with E-state index in [9.17, 15) is 29.1 Å². The third kappa shape index (κ3) is 5.16. The van der Waals surface area contributed by atoms with Gasteiger partial charge in [0.05, 0.1) is 27.7 Å². The van der Waals surface area contributed by atoms with E-state index < -0.39 is 59.4 Å². The molecule has 44 heavy (non-hydrogen) atoms. The summed E-state index contributed by atoms with van der Waals surface area (Å²) in [5.41, 5.74) is -0.828. The molecular formula is C28H26ClFN6O7S. The molecule has 2 amide bonds. The number of ether oxygens (including phenoxy) is 1. The first-order chi connectivity index (χ1) is 21.1. The number of nitriles is 1. The summed E-state index contributed by atoms with van der Waals surface area (Å²) in [4.78, 5) is 66.3. The minimum atomic E-state index is -1.43. The summed E-state index contributed by atoms with van der Waals surface area (Å²) < 4.78 is 22.6. The van der Waals surface area contributed by atoms with E-state index in [1.165, 1.54) is 6.20 Å². The molecule has 0 spiro atoms. The number of rotatable bonds is 8. The number of carboxylic acids is 1. The molecule has 2 saturated heterocycles. The van der Waals surface area contributed by atoms with Gasteiger partial charge in [0.2, 0.25) is 11.3 Å². The highest BCUT2D eigenvalue weighted by Gasteiger charge is 2.54. The van der Waals surface area contributed by atoms with Gasteiger partial charge in [-0.25, -0.2) is 14.0 Å². The van der Waals surface area contributed by atoms with Crippen LogP contribution in [0.4, 0.5) is 10.1 Å². The van der Waals surface area contributed by atoms with E-state index in [0.29, 0.717) is 31.7 Å². The first kappa shape index (κ1) is 29.9. The van der Waals surface area contributed by atoms with Crippen molar-refractivity contribution in [1.29, 1.82) is 5.26 Å². The van der Waals surface area contributed by atoms with Crippen LogP contribution in [0, 0.1) is 17.1 Å². The number of aromatic nitrogens is 1. The van der Waals surface area contributed by atoms with Gasteiger partial charge < -0.3 is 29.9 Å². The molecule has 230 valence electrons. The van der Waals surface area contributed by atoms with Crippen molar-refractivity contribution in [2.45, 2.75) is 36.7 Å². The molecule has 16 heteroatoms. The van der Waals surface area contributed by atoms with E-state index in [0.717, 1.165) is 35.6 Å². The van der Waals surface area contributed by atoms with Crippen LogP contribution in [0.25, 0.3) is 10.9 Å². The number of carbonyl (C=O) groups is 4. The fourth-order valence-electron chi connectivity index (χ4n) is 5.72. The topological polar surface area (TPSA) is 174 Å². The molecule has 3 N–H and O–H groups in total. The number of hydrogen-bond donors (Lipinski definition) is 3. The fourth-order valence-corrected chi connectivity index (χ4v) is 7.45. The number of esters is 1. The Kier molecular flexibility index (Phi) is 7.99. The van der Waals surface area contributed by atoms with Crippen molar-refractivity contribution < 1.29 is 33.4 Å². The fraction of sp³-hybridized carbons (Fsp3) is 0.429. The Hall–Kier alpha value is -4.13. The second-order valence-electron chi connectivity index (χ2n) is 10.8. The number of fused-ring (bicyclic) bond motifs is 2. The minimum absolute atomic E-state index is 0.0458. The van der Waals surface area contributed by atoms with E-state index in [-0.39, 0.29) is 44.7 Å². The molecule has 3 fully saturated rings. The van der Waals surface area contributed by atoms with Crippen LogP contribution in [0.5, 0.6) is 0 Å². The predicted octanol–water partition coefficient (Wildman–Crippen LogP) is 1.35. The SMILES string of the molecule is N#CCC(=O)N[C@@H]1C(=O)N2C(C(=O)O)=C(COC(=O)c3cn(C4CC4)c4c(Cl)c(N5CCNCC5)c(F)cc4c3=O)CS[C@H]12. The van der Waals surface area contributed by atoms with Crippen molar-refractivity contribution in [1.82, 2.24) is 20.1 Å². The van der Waals surface area contributed by atoms with Crippen LogP contribution in [0.15, 0.2) is 28.3 Å². The molecule has 2 atom stereocenters. The van der Waals surface area contributed by atoms with Crippen molar-refractivity contribution in [2.24, 2.45) is 0 Å². The number of thioether (sulfide) groups is 1. The number of nitrogens with one attached hydrogen (secondary N) is 2. The maximum atomic E-state index is 15.4. The number of β-lactam (4-membered cyclic amide) rings is 1. The van der Waals surface area contributed by atoms with Crippen molar-refractivity contribution in [3.8, 4) is 6.07 Å². The van der Waals surface area contributed by atoms with Gasteiger partial charge in [0, 0.05) is 49.7 Å². The number of benzene rings is 1. The molecule has 1 aromatic heterocycles. The lowest BCUT2D eigenvalue weighted by molar-refractivity contribution is -0.150. The number of carbonyl (C=O) groups excluding carboxylic acids is 3. The Morgan fingerprint density at radius 1 is 1.25 bits per heavy atom. The average Bonchev–Trinajstić information content (AvgIpc) is 3.85. The maximum absolute atomic E-state index is 15.4. The van der Waals surface area contributed by atoms with Gasteiger partial charge >= 0.3 is 11.9 Å². The summed E-state index contributed by atoms with van der Waals surface area (Å²) in [5, 5.41) is 23.5. The monoisotopic (exact) mass is 644 g/mol. The van der Waals surface area contributed by atoms with Crippen LogP contribution >= 0.6 is 23.4 Å². The number of halogens is 2. The van der Waals surface area contributed by atoms with E-state index in [1.807, 2.05) is 4.90 Å². The zero-order valence-corrected chi connectivity index (χ0v) is 24.7. The predicted molar refractivity (Wildman–Crippen MR) is 157 cm³/mol. The van der Waals surface area contributed by atoms with E-state index in [2.05, 4.69) is 10.6 Å². The van der Waals surface area contributed by atoms with Crippen LogP contribution in [-0.2, 0) is 19.1 Å². The molecule has 3 aliphatic heterocycles. The summed E-state index contributed by atoms with van der Waals surface area (Å²) in [6.45, 7) is 1.85. The summed E-state index contributed by atoms with van der Waals surface area (Å²) >= 11 is 7.92. The van der Waals surface area contributed by atoms with Crippen molar-refractivity contribution in [3.05, 3.63) is 50.2 Å². The average molecular weight is 645 g/mol. The van der Waals surface area contributed by atoms with Crippen LogP contribution in [0.3, 0.4) is 0 Å². The van der Waals surface area contributed by atoms with Gasteiger partial charge in [-0.15, -0.1) is 11.8 Å². The Bertz CT molecular complexity index is 1750. The number of hydrogen-bond acceptors (Lipinski definition) is 10. The number of piperazine rings is 1. The van der Waals surface area contributed by atoms with Crippen LogP contribution in [0.2, 0.25) is 5.02 Å². The van der Waals surface area contributed by atoms with E-state index in [1.54, 1.807) is 10.6 Å². The second-order valence-corrected chi connectivity index (χ2v) is 12.3. The number of anilines is 1. The standard InChI is InChI=1S/C28H26ClFN6O7S/c29-19-22-15(9-17(30)23(19)34-7-5-32-6-8-34)24(38)16(10-35(22)14-1-2-14)28(42)43-11-13-12-44-26-20(33-18(37)3-4-31)25(39)36(26)21(13)27(40)41/h9-10,14,20,26,32H,1-3,5-8,11-12H2,(H,33,37)(H,40,41)/t20-,26-/m1/s1. The summed E-state index contributed by atoms with van der Waals surface area (Å²) in [7, 11) is 0. The van der Waals surface area contributed by atoms with Gasteiger partial charge in [-0.3, -0.25) is 19.3 Å². The van der Waals surface area contributed by atoms with Crippen LogP contribution in [-0.4, -0.2) is 88.3 Å². The number of carboxylic acid groups (broad SMARTS) is 1. The highest BCUT2D eigenvalue weighted by atomic mass is 35.5. The van der Waals surface area contributed by atoms with Crippen molar-refractivity contribution in [2.75, 3.05) is 43.4 Å². The third-order valence-corrected chi connectivity index (χ3v) is 9.66. The lowest BCUT2D eigenvalue weighted by Gasteiger charge is -2.49. The Labute approximate surface area is 258 Å². The molecule has 0 bridgehead atoms. The molecule has 2 aromatic rings. The number of nitrogens with zero attached hydrogens (tertiary/aromatic N) is 4. The summed E-state index contributed by atoms with van der Waals surface area (Å²) in [6, 6.07) is 1.75. The Morgan fingerprint density at radius 3 is 2.64 bits per heavy atom. The molecule has 1 saturated carbocycles. The van der Waals surface area contributed by atoms with Crippen LogP contribution < -0.4 is 21.0 Å². The second kappa shape index (κ2) is 11.8. The molecule has 0 unspecified atom stereocenters. The van der Waals surface area contributed by atoms with Gasteiger partial charge in [0.1, 0.15) is 41.5 Å². The Balaban J connectivity index is 1.28. The molecule has 6 rings (SSSR count). The molecular weight excluding hydrogens is 619 g/mol. The quantitative estimate of drug-likeness (QED) is 0.280. The minimum Gasteiger partial charge on any atom is -0.477 e. The van der Waals surface area contributed by atoms with Crippen molar-refractivity contribution >= 4 is 63.7 Å². The highest BCUT2D eigenvalue weighted by molar-refractivity contribution is 8.00. The van der Waals surface area contributed by atoms with Gasteiger partial charge in [-0.1, -0.05) is 11.6 Å². The van der Waals surface area contributed by atoms with Crippen molar-refractivity contribution in [3.63, 3.8) is 0 Å². The van der Waals surface area contributed by atoms with Gasteiger partial charge in [0.25, 0.3) is 5.91 Å². The number of pyridine rings is 1. The normalized spacial score (nSPS) is 21.4. The van der Waals surface area contributed by atoms with E-state index in [4.69, 9.17) is 21.6 Å². The zero-order chi connectivity index (χ0) is 31.3. The van der Waals surface area contributed by atoms with Gasteiger partial charge in [0.15, 0.2) is 0 Å². The number of amides is 2. The first-order valence-corrected chi connectivity index (χ1v) is 15.3. The van der Waals surface area contributed by atoms with E-state index >= 15 is 4.39 Å². The van der Waals surface area contributed by atoms with Crippen LogP contribution in [0.1, 0.15) is 35.7 Å². The lowest BCUT2D eigenvalue weighted by atomic mass is 10.0. The molecule has 1 aliphatic carbocycles. The smallest absolute Gasteiger partial charge is 0.352 e. The molecule has 13 nitrogen and oxygen atoms in total.